The van der Waals surface area contributed by atoms with E-state index in [2.05, 4.69) is 31.2 Å². The lowest BCUT2D eigenvalue weighted by atomic mass is 10.3. The topological polar surface area (TPSA) is 47.0 Å². The zero-order valence-corrected chi connectivity index (χ0v) is 11.9. The van der Waals surface area contributed by atoms with Gasteiger partial charge in [-0.25, -0.2) is 9.97 Å². The normalized spacial score (nSPS) is 10.5. The molecule has 0 fully saturated rings. The fourth-order valence-electron chi connectivity index (χ4n) is 1.41. The van der Waals surface area contributed by atoms with Crippen molar-refractivity contribution in [1.29, 1.82) is 0 Å². The Morgan fingerprint density at radius 1 is 1.47 bits per heavy atom. The van der Waals surface area contributed by atoms with Crippen molar-refractivity contribution in [3.05, 3.63) is 27.8 Å². The van der Waals surface area contributed by atoms with Gasteiger partial charge in [0.05, 0.1) is 10.6 Å². The number of methoxy groups -OCH3 is 1. The maximum absolute atomic E-state index is 5.07. The van der Waals surface area contributed by atoms with E-state index in [9.17, 15) is 0 Å². The van der Waals surface area contributed by atoms with E-state index in [-0.39, 0.29) is 0 Å². The summed E-state index contributed by atoms with van der Waals surface area (Å²) in [4.78, 5) is 9.90. The first-order valence-corrected chi connectivity index (χ1v) is 6.70. The van der Waals surface area contributed by atoms with Crippen molar-refractivity contribution in [1.82, 2.24) is 9.97 Å². The predicted octanol–water partition coefficient (Wildman–Crippen LogP) is 3.16. The van der Waals surface area contributed by atoms with Crippen LogP contribution in [0.5, 0.6) is 0 Å². The quantitative estimate of drug-likeness (QED) is 0.942. The largest absolute Gasteiger partial charge is 0.377 e. The van der Waals surface area contributed by atoms with Gasteiger partial charge in [-0.3, -0.25) is 0 Å². The molecule has 1 N–H and O–H groups in total. The lowest BCUT2D eigenvalue weighted by Crippen LogP contribution is -2.02. The minimum atomic E-state index is 0.408. The highest BCUT2D eigenvalue weighted by Gasteiger charge is 2.10. The maximum Gasteiger partial charge on any atom is 0.157 e. The molecule has 90 valence electrons. The molecule has 6 heteroatoms. The van der Waals surface area contributed by atoms with Gasteiger partial charge in [0.2, 0.25) is 0 Å². The average Bonchev–Trinajstić information content (AvgIpc) is 2.75. The molecule has 0 saturated heterocycles. The van der Waals surface area contributed by atoms with Crippen LogP contribution in [0, 0.1) is 0 Å². The molecule has 0 aromatic carbocycles. The molecule has 2 aromatic heterocycles. The fraction of sp³-hybridized carbons (Fsp3) is 0.273. The summed E-state index contributed by atoms with van der Waals surface area (Å²) in [6.45, 7) is 0.408. The maximum atomic E-state index is 5.07. The highest BCUT2D eigenvalue weighted by Crippen LogP contribution is 2.33. The van der Waals surface area contributed by atoms with E-state index in [1.165, 1.54) is 0 Å². The summed E-state index contributed by atoms with van der Waals surface area (Å²) in [7, 11) is 3.47. The molecule has 0 bridgehead atoms. The minimum absolute atomic E-state index is 0.408. The SMILES string of the molecule is CNc1cc(-c2sccc2Br)nc(COC)n1. The second kappa shape index (κ2) is 5.57. The number of nitrogens with zero attached hydrogens (tertiary/aromatic N) is 2. The second-order valence-electron chi connectivity index (χ2n) is 3.34. The highest BCUT2D eigenvalue weighted by molar-refractivity contribution is 9.10. The molecule has 0 aliphatic heterocycles. The van der Waals surface area contributed by atoms with Gasteiger partial charge in [0.15, 0.2) is 5.82 Å². The zero-order valence-electron chi connectivity index (χ0n) is 9.53. The van der Waals surface area contributed by atoms with Crippen LogP contribution in [0.1, 0.15) is 5.82 Å². The van der Waals surface area contributed by atoms with Gasteiger partial charge in [0.25, 0.3) is 0 Å². The smallest absolute Gasteiger partial charge is 0.157 e. The van der Waals surface area contributed by atoms with Crippen molar-refractivity contribution in [3.63, 3.8) is 0 Å². The lowest BCUT2D eigenvalue weighted by Gasteiger charge is -2.06. The summed E-state index contributed by atoms with van der Waals surface area (Å²) < 4.78 is 6.12. The van der Waals surface area contributed by atoms with E-state index in [0.717, 1.165) is 20.9 Å². The molecular weight excluding hydrogens is 302 g/mol. The van der Waals surface area contributed by atoms with Crippen LogP contribution in [0.3, 0.4) is 0 Å². The Balaban J connectivity index is 2.46. The number of thiophene rings is 1. The number of hydrogen-bond acceptors (Lipinski definition) is 5. The van der Waals surface area contributed by atoms with Crippen molar-refractivity contribution in [2.24, 2.45) is 0 Å². The summed E-state index contributed by atoms with van der Waals surface area (Å²) in [6, 6.07) is 3.94. The lowest BCUT2D eigenvalue weighted by molar-refractivity contribution is 0.178. The van der Waals surface area contributed by atoms with E-state index in [0.29, 0.717) is 12.4 Å². The number of rotatable bonds is 4. The first-order chi connectivity index (χ1) is 8.24. The van der Waals surface area contributed by atoms with Gasteiger partial charge in [0.1, 0.15) is 12.4 Å². The molecule has 0 unspecified atom stereocenters. The molecule has 17 heavy (non-hydrogen) atoms. The number of nitrogens with one attached hydrogen (secondary N) is 1. The number of hydrogen-bond donors (Lipinski definition) is 1. The van der Waals surface area contributed by atoms with Crippen molar-refractivity contribution in [3.8, 4) is 10.6 Å². The van der Waals surface area contributed by atoms with Crippen LogP contribution in [0.4, 0.5) is 5.82 Å². The van der Waals surface area contributed by atoms with E-state index < -0.39 is 0 Å². The molecule has 0 aliphatic carbocycles. The van der Waals surface area contributed by atoms with Crippen LogP contribution in [-0.4, -0.2) is 24.1 Å². The second-order valence-corrected chi connectivity index (χ2v) is 5.11. The van der Waals surface area contributed by atoms with Gasteiger partial charge < -0.3 is 10.1 Å². The summed E-state index contributed by atoms with van der Waals surface area (Å²) >= 11 is 5.15. The summed E-state index contributed by atoms with van der Waals surface area (Å²) in [5.74, 6) is 1.47. The third kappa shape index (κ3) is 2.83. The molecule has 2 aromatic rings. The minimum Gasteiger partial charge on any atom is -0.377 e. The number of anilines is 1. The summed E-state index contributed by atoms with van der Waals surface area (Å²) in [5.41, 5.74) is 0.901. The van der Waals surface area contributed by atoms with Crippen LogP contribution < -0.4 is 5.32 Å². The van der Waals surface area contributed by atoms with Crippen LogP contribution in [0.25, 0.3) is 10.6 Å². The Kier molecular flexibility index (Phi) is 4.09. The molecule has 0 saturated carbocycles. The predicted molar refractivity (Wildman–Crippen MR) is 73.3 cm³/mol. The van der Waals surface area contributed by atoms with E-state index >= 15 is 0 Å². The van der Waals surface area contributed by atoms with Crippen molar-refractivity contribution >= 4 is 33.1 Å². The van der Waals surface area contributed by atoms with Crippen molar-refractivity contribution in [2.75, 3.05) is 19.5 Å². The molecule has 4 nitrogen and oxygen atoms in total. The van der Waals surface area contributed by atoms with Gasteiger partial charge in [-0.15, -0.1) is 11.3 Å². The monoisotopic (exact) mass is 313 g/mol. The Morgan fingerprint density at radius 2 is 2.29 bits per heavy atom. The molecule has 0 amide bonds. The summed E-state index contributed by atoms with van der Waals surface area (Å²) in [5, 5.41) is 5.05. The van der Waals surface area contributed by atoms with E-state index in [1.807, 2.05) is 24.6 Å². The highest BCUT2D eigenvalue weighted by atomic mass is 79.9. The van der Waals surface area contributed by atoms with Crippen LogP contribution in [0.15, 0.2) is 22.0 Å². The van der Waals surface area contributed by atoms with Gasteiger partial charge in [0, 0.05) is 24.7 Å². The van der Waals surface area contributed by atoms with Gasteiger partial charge in [-0.05, 0) is 27.4 Å². The molecule has 0 atom stereocenters. The standard InChI is InChI=1S/C11H12BrN3OS/c1-13-9-5-8(11-7(12)3-4-17-11)14-10(15-9)6-16-2/h3-5H,6H2,1-2H3,(H,13,14,15). The Labute approximate surface area is 112 Å². The molecule has 2 rings (SSSR count). The third-order valence-corrected chi connectivity index (χ3v) is 4.01. The fourth-order valence-corrected chi connectivity index (χ4v) is 2.95. The van der Waals surface area contributed by atoms with E-state index in [4.69, 9.17) is 4.74 Å². The van der Waals surface area contributed by atoms with Gasteiger partial charge >= 0.3 is 0 Å². The number of aromatic nitrogens is 2. The van der Waals surface area contributed by atoms with Crippen LogP contribution in [0.2, 0.25) is 0 Å². The molecule has 2 heterocycles. The van der Waals surface area contributed by atoms with Crippen LogP contribution in [-0.2, 0) is 11.3 Å². The number of ether oxygens (including phenoxy) is 1. The molecule has 0 radical (unpaired) electrons. The van der Waals surface area contributed by atoms with Crippen molar-refractivity contribution in [2.45, 2.75) is 6.61 Å². The first kappa shape index (κ1) is 12.5. The van der Waals surface area contributed by atoms with E-state index in [1.54, 1.807) is 18.4 Å². The van der Waals surface area contributed by atoms with Gasteiger partial charge in [-0.1, -0.05) is 0 Å². The average molecular weight is 314 g/mol. The number of halogens is 1. The van der Waals surface area contributed by atoms with Crippen LogP contribution >= 0.6 is 27.3 Å². The summed E-state index contributed by atoms with van der Waals surface area (Å²) in [6.07, 6.45) is 0. The first-order valence-electron chi connectivity index (χ1n) is 5.02. The Morgan fingerprint density at radius 3 is 2.88 bits per heavy atom. The van der Waals surface area contributed by atoms with Gasteiger partial charge in [-0.2, -0.15) is 0 Å². The van der Waals surface area contributed by atoms with Crippen molar-refractivity contribution < 1.29 is 4.74 Å². The molecule has 0 spiro atoms. The third-order valence-electron chi connectivity index (χ3n) is 2.15. The molecule has 0 aliphatic rings. The zero-order chi connectivity index (χ0) is 12.3. The Hall–Kier alpha value is -0.980. The molecular formula is C11H12BrN3OS. The Bertz CT molecular complexity index is 515.